The van der Waals surface area contributed by atoms with Crippen LogP contribution in [0.4, 0.5) is 5.69 Å². The second-order valence-corrected chi connectivity index (χ2v) is 8.43. The zero-order valence-corrected chi connectivity index (χ0v) is 17.4. The van der Waals surface area contributed by atoms with E-state index in [4.69, 9.17) is 11.6 Å². The number of benzene rings is 1. The Morgan fingerprint density at radius 2 is 2.00 bits per heavy atom. The first-order valence-electron chi connectivity index (χ1n) is 9.56. The maximum atomic E-state index is 12.4. The summed E-state index contributed by atoms with van der Waals surface area (Å²) >= 11 is 7.34. The number of anilines is 1. The minimum Gasteiger partial charge on any atom is -0.368 e. The third-order valence-corrected chi connectivity index (χ3v) is 6.10. The summed E-state index contributed by atoms with van der Waals surface area (Å²) in [6.07, 6.45) is 2.15. The van der Waals surface area contributed by atoms with Crippen LogP contribution < -0.4 is 10.2 Å². The molecule has 1 aromatic heterocycles. The highest BCUT2D eigenvalue weighted by molar-refractivity contribution is 7.99. The highest BCUT2D eigenvalue weighted by Crippen LogP contribution is 2.36. The van der Waals surface area contributed by atoms with Crippen molar-refractivity contribution in [3.63, 3.8) is 0 Å². The Bertz CT molecular complexity index is 881. The average Bonchev–Trinajstić information content (AvgIpc) is 3.48. The lowest BCUT2D eigenvalue weighted by atomic mass is 10.2. The van der Waals surface area contributed by atoms with Crippen molar-refractivity contribution in [3.05, 3.63) is 29.3 Å². The van der Waals surface area contributed by atoms with E-state index in [9.17, 15) is 9.59 Å². The van der Waals surface area contributed by atoms with Crippen LogP contribution in [0.5, 0.6) is 0 Å². The number of amides is 2. The standard InChI is InChI=1S/C18H22ClN7O2S/c19-13-2-1-3-15(10-13)24-6-8-25(9-7-24)17(28)11-20-16(27)12-29-18-21-22-23-26(18)14-4-5-14/h1-3,10,14H,4-9,11-12H2,(H,20,27). The van der Waals surface area contributed by atoms with Crippen LogP contribution in [0.1, 0.15) is 18.9 Å². The molecule has 1 saturated heterocycles. The molecule has 1 N–H and O–H groups in total. The van der Waals surface area contributed by atoms with Gasteiger partial charge < -0.3 is 15.1 Å². The number of piperazine rings is 1. The molecule has 29 heavy (non-hydrogen) atoms. The zero-order chi connectivity index (χ0) is 20.2. The van der Waals surface area contributed by atoms with Gasteiger partial charge in [-0.1, -0.05) is 29.4 Å². The molecule has 0 radical (unpaired) electrons. The quantitative estimate of drug-likeness (QED) is 0.653. The highest BCUT2D eigenvalue weighted by atomic mass is 35.5. The van der Waals surface area contributed by atoms with Crippen molar-refractivity contribution in [3.8, 4) is 0 Å². The van der Waals surface area contributed by atoms with Crippen LogP contribution in [0.3, 0.4) is 0 Å². The molecule has 11 heteroatoms. The van der Waals surface area contributed by atoms with Gasteiger partial charge in [0, 0.05) is 36.9 Å². The van der Waals surface area contributed by atoms with Gasteiger partial charge in [0.1, 0.15) is 0 Å². The first-order valence-corrected chi connectivity index (χ1v) is 10.9. The number of carbonyl (C=O) groups is 2. The van der Waals surface area contributed by atoms with E-state index in [0.29, 0.717) is 29.3 Å². The molecule has 4 rings (SSSR count). The van der Waals surface area contributed by atoms with Gasteiger partial charge in [-0.25, -0.2) is 4.68 Å². The predicted octanol–water partition coefficient (Wildman–Crippen LogP) is 1.22. The number of thioether (sulfide) groups is 1. The predicted molar refractivity (Wildman–Crippen MR) is 110 cm³/mol. The second-order valence-electron chi connectivity index (χ2n) is 7.05. The van der Waals surface area contributed by atoms with Crippen molar-refractivity contribution >= 4 is 40.9 Å². The Hall–Kier alpha value is -2.33. The Balaban J connectivity index is 1.18. The zero-order valence-electron chi connectivity index (χ0n) is 15.8. The summed E-state index contributed by atoms with van der Waals surface area (Å²) in [6, 6.07) is 8.07. The number of nitrogens with zero attached hydrogens (tertiary/aromatic N) is 6. The normalized spacial score (nSPS) is 16.7. The number of hydrogen-bond acceptors (Lipinski definition) is 7. The fourth-order valence-electron chi connectivity index (χ4n) is 3.18. The first-order chi connectivity index (χ1) is 14.1. The van der Waals surface area contributed by atoms with Crippen molar-refractivity contribution < 1.29 is 9.59 Å². The lowest BCUT2D eigenvalue weighted by Crippen LogP contribution is -2.51. The summed E-state index contributed by atoms with van der Waals surface area (Å²) < 4.78 is 1.77. The molecule has 2 fully saturated rings. The number of tetrazole rings is 1. The second kappa shape index (κ2) is 9.00. The van der Waals surface area contributed by atoms with Crippen LogP contribution >= 0.6 is 23.4 Å². The van der Waals surface area contributed by atoms with Crippen molar-refractivity contribution in [2.75, 3.05) is 43.4 Å². The van der Waals surface area contributed by atoms with Crippen LogP contribution in [0.15, 0.2) is 29.4 Å². The number of halogens is 1. The molecule has 0 atom stereocenters. The van der Waals surface area contributed by atoms with E-state index >= 15 is 0 Å². The van der Waals surface area contributed by atoms with Gasteiger partial charge in [-0.15, -0.1) is 5.10 Å². The minimum atomic E-state index is -0.203. The molecule has 0 bridgehead atoms. The van der Waals surface area contributed by atoms with E-state index in [2.05, 4.69) is 25.7 Å². The van der Waals surface area contributed by atoms with Gasteiger partial charge in [-0.05, 0) is 41.5 Å². The van der Waals surface area contributed by atoms with Gasteiger partial charge in [0.05, 0.1) is 18.3 Å². The van der Waals surface area contributed by atoms with E-state index in [1.807, 2.05) is 24.3 Å². The SMILES string of the molecule is O=C(CSc1nnnn1C1CC1)NCC(=O)N1CCN(c2cccc(Cl)c2)CC1. The molecule has 2 aromatic rings. The van der Waals surface area contributed by atoms with Crippen LogP contribution in [0, 0.1) is 0 Å². The third-order valence-electron chi connectivity index (χ3n) is 4.93. The Kier molecular flexibility index (Phi) is 6.19. The monoisotopic (exact) mass is 435 g/mol. The van der Waals surface area contributed by atoms with Gasteiger partial charge in [0.25, 0.3) is 0 Å². The van der Waals surface area contributed by atoms with Gasteiger partial charge in [0.2, 0.25) is 17.0 Å². The molecule has 1 aliphatic heterocycles. The van der Waals surface area contributed by atoms with Gasteiger partial charge in [-0.2, -0.15) is 0 Å². The van der Waals surface area contributed by atoms with Gasteiger partial charge >= 0.3 is 0 Å². The maximum absolute atomic E-state index is 12.4. The molecule has 154 valence electrons. The summed E-state index contributed by atoms with van der Waals surface area (Å²) in [6.45, 7) is 2.71. The summed E-state index contributed by atoms with van der Waals surface area (Å²) in [5.41, 5.74) is 1.06. The molecule has 1 aliphatic carbocycles. The van der Waals surface area contributed by atoms with Gasteiger partial charge in [0.15, 0.2) is 0 Å². The largest absolute Gasteiger partial charge is 0.368 e. The highest BCUT2D eigenvalue weighted by Gasteiger charge is 2.28. The minimum absolute atomic E-state index is 0.00409. The van der Waals surface area contributed by atoms with Crippen molar-refractivity contribution in [2.45, 2.75) is 24.0 Å². The molecule has 1 saturated carbocycles. The van der Waals surface area contributed by atoms with Crippen molar-refractivity contribution in [2.24, 2.45) is 0 Å². The lowest BCUT2D eigenvalue weighted by molar-refractivity contribution is -0.132. The molecular formula is C18H22ClN7O2S. The molecule has 2 heterocycles. The lowest BCUT2D eigenvalue weighted by Gasteiger charge is -2.36. The van der Waals surface area contributed by atoms with Crippen molar-refractivity contribution in [1.82, 2.24) is 30.4 Å². The van der Waals surface area contributed by atoms with E-state index in [1.54, 1.807) is 9.58 Å². The fraction of sp³-hybridized carbons (Fsp3) is 0.500. The summed E-state index contributed by atoms with van der Waals surface area (Å²) in [5, 5.41) is 15.6. The van der Waals surface area contributed by atoms with E-state index in [-0.39, 0.29) is 24.1 Å². The van der Waals surface area contributed by atoms with E-state index in [0.717, 1.165) is 31.6 Å². The van der Waals surface area contributed by atoms with E-state index in [1.165, 1.54) is 11.8 Å². The summed E-state index contributed by atoms with van der Waals surface area (Å²) in [5.74, 6) is -0.0914. The average molecular weight is 436 g/mol. The third kappa shape index (κ3) is 5.18. The first kappa shape index (κ1) is 20.0. The maximum Gasteiger partial charge on any atom is 0.242 e. The van der Waals surface area contributed by atoms with Crippen LogP contribution in [0.2, 0.25) is 5.02 Å². The Morgan fingerprint density at radius 3 is 2.72 bits per heavy atom. The summed E-state index contributed by atoms with van der Waals surface area (Å²) in [7, 11) is 0. The Morgan fingerprint density at radius 1 is 1.21 bits per heavy atom. The molecule has 2 amide bonds. The number of rotatable bonds is 7. The van der Waals surface area contributed by atoms with Gasteiger partial charge in [-0.3, -0.25) is 9.59 Å². The number of hydrogen-bond donors (Lipinski definition) is 1. The molecule has 2 aliphatic rings. The van der Waals surface area contributed by atoms with Crippen LogP contribution in [0.25, 0.3) is 0 Å². The molecule has 0 unspecified atom stereocenters. The molecule has 9 nitrogen and oxygen atoms in total. The summed E-state index contributed by atoms with van der Waals surface area (Å²) in [4.78, 5) is 28.5. The smallest absolute Gasteiger partial charge is 0.242 e. The number of carbonyl (C=O) groups excluding carboxylic acids is 2. The van der Waals surface area contributed by atoms with Crippen molar-refractivity contribution in [1.29, 1.82) is 0 Å². The number of aromatic nitrogens is 4. The topological polar surface area (TPSA) is 96.2 Å². The van der Waals surface area contributed by atoms with Crippen LogP contribution in [-0.2, 0) is 9.59 Å². The Labute approximate surface area is 177 Å². The van der Waals surface area contributed by atoms with Crippen LogP contribution in [-0.4, -0.2) is 75.4 Å². The molecular weight excluding hydrogens is 414 g/mol. The molecule has 1 aromatic carbocycles. The fourth-order valence-corrected chi connectivity index (χ4v) is 4.14. The molecule has 0 spiro atoms. The number of nitrogens with one attached hydrogen (secondary N) is 1. The van der Waals surface area contributed by atoms with E-state index < -0.39 is 0 Å².